The van der Waals surface area contributed by atoms with E-state index in [0.717, 1.165) is 5.56 Å². The Morgan fingerprint density at radius 2 is 1.91 bits per heavy atom. The Hall–Kier alpha value is -1.92. The Labute approximate surface area is 137 Å². The molecule has 1 N–H and O–H groups in total. The van der Waals surface area contributed by atoms with Gasteiger partial charge in [-0.1, -0.05) is 18.2 Å². The van der Waals surface area contributed by atoms with E-state index in [1.807, 2.05) is 25.1 Å². The average Bonchev–Trinajstić information content (AvgIpc) is 2.54. The molecule has 0 fully saturated rings. The van der Waals surface area contributed by atoms with Gasteiger partial charge in [0, 0.05) is 18.7 Å². The summed E-state index contributed by atoms with van der Waals surface area (Å²) in [6, 6.07) is 7.33. The lowest BCUT2D eigenvalue weighted by Crippen LogP contribution is -2.36. The number of hydrogen-bond donors (Lipinski definition) is 1. The molecule has 0 atom stereocenters. The molecule has 0 bridgehead atoms. The summed E-state index contributed by atoms with van der Waals surface area (Å²) in [6.07, 6.45) is 0.144. The summed E-state index contributed by atoms with van der Waals surface area (Å²) >= 11 is 0. The topological polar surface area (TPSA) is 76.1 Å². The summed E-state index contributed by atoms with van der Waals surface area (Å²) in [5.41, 5.74) is 1.49. The monoisotopic (exact) mass is 323 g/mol. The number of rotatable bonds is 10. The lowest BCUT2D eigenvalue weighted by Gasteiger charge is -2.23. The number of ether oxygens (including phenoxy) is 2. The van der Waals surface area contributed by atoms with Crippen molar-refractivity contribution in [3.63, 3.8) is 0 Å². The second kappa shape index (κ2) is 10.7. The zero-order chi connectivity index (χ0) is 17.1. The van der Waals surface area contributed by atoms with E-state index in [-0.39, 0.29) is 38.1 Å². The van der Waals surface area contributed by atoms with Crippen molar-refractivity contribution in [1.29, 1.82) is 0 Å². The predicted molar refractivity (Wildman–Crippen MR) is 86.2 cm³/mol. The highest BCUT2D eigenvalue weighted by atomic mass is 16.5. The van der Waals surface area contributed by atoms with Crippen molar-refractivity contribution in [2.45, 2.75) is 20.3 Å². The number of aryl methyl sites for hydroxylation is 1. The zero-order valence-electron chi connectivity index (χ0n) is 13.8. The van der Waals surface area contributed by atoms with Gasteiger partial charge >= 0.3 is 5.97 Å². The van der Waals surface area contributed by atoms with Gasteiger partial charge in [0.25, 0.3) is 5.91 Å². The SMILES string of the molecule is CCOC(=O)CCN(CCOCCO)C(=O)c1ccccc1C. The van der Waals surface area contributed by atoms with Crippen LogP contribution in [0.25, 0.3) is 0 Å². The molecule has 0 radical (unpaired) electrons. The molecule has 1 rings (SSSR count). The van der Waals surface area contributed by atoms with Crippen LogP contribution in [-0.4, -0.2) is 61.4 Å². The number of carbonyl (C=O) groups is 2. The average molecular weight is 323 g/mol. The second-order valence-electron chi connectivity index (χ2n) is 5.00. The normalized spacial score (nSPS) is 10.4. The molecule has 0 aliphatic heterocycles. The summed E-state index contributed by atoms with van der Waals surface area (Å²) < 4.78 is 10.1. The number of amides is 1. The molecule has 1 aromatic carbocycles. The largest absolute Gasteiger partial charge is 0.466 e. The number of aliphatic hydroxyl groups is 1. The first-order valence-corrected chi connectivity index (χ1v) is 7.79. The van der Waals surface area contributed by atoms with Crippen LogP contribution < -0.4 is 0 Å². The van der Waals surface area contributed by atoms with E-state index in [9.17, 15) is 9.59 Å². The third-order valence-corrected chi connectivity index (χ3v) is 3.30. The van der Waals surface area contributed by atoms with Gasteiger partial charge in [-0.15, -0.1) is 0 Å². The predicted octanol–water partition coefficient (Wildman–Crippen LogP) is 1.40. The first kappa shape index (κ1) is 19.1. The number of benzene rings is 1. The van der Waals surface area contributed by atoms with Crippen molar-refractivity contribution in [3.05, 3.63) is 35.4 Å². The third kappa shape index (κ3) is 6.80. The minimum Gasteiger partial charge on any atom is -0.466 e. The van der Waals surface area contributed by atoms with E-state index in [2.05, 4.69) is 0 Å². The highest BCUT2D eigenvalue weighted by Gasteiger charge is 2.18. The van der Waals surface area contributed by atoms with Crippen molar-refractivity contribution < 1.29 is 24.2 Å². The van der Waals surface area contributed by atoms with Crippen molar-refractivity contribution in [1.82, 2.24) is 4.90 Å². The molecular formula is C17H25NO5. The molecule has 6 heteroatoms. The molecule has 0 unspecified atom stereocenters. The van der Waals surface area contributed by atoms with Crippen LogP contribution in [0.1, 0.15) is 29.3 Å². The first-order chi connectivity index (χ1) is 11.1. The summed E-state index contributed by atoms with van der Waals surface area (Å²) in [7, 11) is 0. The second-order valence-corrected chi connectivity index (χ2v) is 5.00. The quantitative estimate of drug-likeness (QED) is 0.520. The summed E-state index contributed by atoms with van der Waals surface area (Å²) in [5, 5.41) is 8.72. The fourth-order valence-electron chi connectivity index (χ4n) is 2.10. The fraction of sp³-hybridized carbons (Fsp3) is 0.529. The zero-order valence-corrected chi connectivity index (χ0v) is 13.8. The van der Waals surface area contributed by atoms with Crippen LogP contribution in [-0.2, 0) is 14.3 Å². The van der Waals surface area contributed by atoms with Gasteiger partial charge in [-0.25, -0.2) is 0 Å². The summed E-state index contributed by atoms with van der Waals surface area (Å²) in [6.45, 7) is 5.04. The molecule has 0 saturated carbocycles. The lowest BCUT2D eigenvalue weighted by atomic mass is 10.1. The standard InChI is InChI=1S/C17H25NO5/c1-3-23-16(20)8-9-18(10-12-22-13-11-19)17(21)15-7-5-4-6-14(15)2/h4-7,19H,3,8-13H2,1-2H3. The van der Waals surface area contributed by atoms with Crippen LogP contribution in [0.4, 0.5) is 0 Å². The first-order valence-electron chi connectivity index (χ1n) is 7.79. The van der Waals surface area contributed by atoms with Gasteiger partial charge < -0.3 is 19.5 Å². The Kier molecular flexibility index (Phi) is 8.94. The molecule has 0 spiro atoms. The highest BCUT2D eigenvalue weighted by Crippen LogP contribution is 2.11. The van der Waals surface area contributed by atoms with Crippen LogP contribution in [0.5, 0.6) is 0 Å². The number of nitrogens with zero attached hydrogens (tertiary/aromatic N) is 1. The Balaban J connectivity index is 2.70. The maximum atomic E-state index is 12.7. The van der Waals surface area contributed by atoms with Gasteiger partial charge in [0.15, 0.2) is 0 Å². The summed E-state index contributed by atoms with van der Waals surface area (Å²) in [5.74, 6) is -0.466. The van der Waals surface area contributed by atoms with E-state index in [0.29, 0.717) is 25.3 Å². The van der Waals surface area contributed by atoms with E-state index < -0.39 is 0 Å². The maximum absolute atomic E-state index is 12.7. The number of hydrogen-bond acceptors (Lipinski definition) is 5. The van der Waals surface area contributed by atoms with Gasteiger partial charge in [0.2, 0.25) is 0 Å². The minimum atomic E-state index is -0.327. The Morgan fingerprint density at radius 1 is 1.17 bits per heavy atom. The van der Waals surface area contributed by atoms with Crippen LogP contribution in [0, 0.1) is 6.92 Å². The molecule has 0 aliphatic carbocycles. The molecule has 1 amide bonds. The Bertz CT molecular complexity index is 504. The van der Waals surface area contributed by atoms with E-state index in [1.54, 1.807) is 17.9 Å². The van der Waals surface area contributed by atoms with Crippen molar-refractivity contribution in [3.8, 4) is 0 Å². The molecule has 0 aromatic heterocycles. The molecule has 0 aliphatic rings. The van der Waals surface area contributed by atoms with Crippen molar-refractivity contribution in [2.75, 3.05) is 39.5 Å². The van der Waals surface area contributed by atoms with Gasteiger partial charge in [-0.3, -0.25) is 9.59 Å². The molecular weight excluding hydrogens is 298 g/mol. The van der Waals surface area contributed by atoms with Crippen molar-refractivity contribution >= 4 is 11.9 Å². The molecule has 128 valence electrons. The third-order valence-electron chi connectivity index (χ3n) is 3.30. The molecule has 6 nitrogen and oxygen atoms in total. The van der Waals surface area contributed by atoms with Crippen LogP contribution in [0.2, 0.25) is 0 Å². The molecule has 0 heterocycles. The van der Waals surface area contributed by atoms with Crippen LogP contribution >= 0.6 is 0 Å². The minimum absolute atomic E-state index is 0.0609. The van der Waals surface area contributed by atoms with Gasteiger partial charge in [-0.2, -0.15) is 0 Å². The molecule has 0 saturated heterocycles. The van der Waals surface area contributed by atoms with Gasteiger partial charge in [-0.05, 0) is 25.5 Å². The number of carbonyl (C=O) groups excluding carboxylic acids is 2. The van der Waals surface area contributed by atoms with E-state index in [4.69, 9.17) is 14.6 Å². The number of esters is 1. The summed E-state index contributed by atoms with van der Waals surface area (Å²) in [4.78, 5) is 25.8. The van der Waals surface area contributed by atoms with Crippen LogP contribution in [0.3, 0.4) is 0 Å². The molecule has 1 aromatic rings. The van der Waals surface area contributed by atoms with Gasteiger partial charge in [0.05, 0.1) is 32.8 Å². The highest BCUT2D eigenvalue weighted by molar-refractivity contribution is 5.95. The molecule has 23 heavy (non-hydrogen) atoms. The van der Waals surface area contributed by atoms with Crippen LogP contribution in [0.15, 0.2) is 24.3 Å². The Morgan fingerprint density at radius 3 is 2.57 bits per heavy atom. The van der Waals surface area contributed by atoms with E-state index in [1.165, 1.54) is 0 Å². The van der Waals surface area contributed by atoms with Crippen molar-refractivity contribution in [2.24, 2.45) is 0 Å². The maximum Gasteiger partial charge on any atom is 0.307 e. The fourth-order valence-corrected chi connectivity index (χ4v) is 2.10. The number of aliphatic hydroxyl groups excluding tert-OH is 1. The van der Waals surface area contributed by atoms with E-state index >= 15 is 0 Å². The smallest absolute Gasteiger partial charge is 0.307 e. The van der Waals surface area contributed by atoms with Gasteiger partial charge in [0.1, 0.15) is 0 Å². The lowest BCUT2D eigenvalue weighted by molar-refractivity contribution is -0.143.